The summed E-state index contributed by atoms with van der Waals surface area (Å²) < 4.78 is 10.7. The molecule has 1 aliphatic rings. The number of carbonyl (C=O) groups is 2. The number of amides is 2. The number of urea groups is 1. The summed E-state index contributed by atoms with van der Waals surface area (Å²) in [6.45, 7) is 11.0. The van der Waals surface area contributed by atoms with Gasteiger partial charge in [-0.2, -0.15) is 0 Å². The number of nitrogens with zero attached hydrogens (tertiary/aromatic N) is 1. The van der Waals surface area contributed by atoms with Crippen LogP contribution in [0.1, 0.15) is 46.4 Å². The van der Waals surface area contributed by atoms with Gasteiger partial charge in [-0.1, -0.05) is 20.8 Å². The van der Waals surface area contributed by atoms with Crippen LogP contribution in [-0.4, -0.2) is 43.1 Å². The van der Waals surface area contributed by atoms with E-state index in [4.69, 9.17) is 9.15 Å². The Morgan fingerprint density at radius 3 is 2.65 bits per heavy atom. The molecule has 7 heteroatoms. The largest absolute Gasteiger partial charge is 0.467 e. The summed E-state index contributed by atoms with van der Waals surface area (Å²) in [6, 6.07) is 2.64. The van der Waals surface area contributed by atoms with E-state index in [1.54, 1.807) is 19.1 Å². The molecule has 2 unspecified atom stereocenters. The first-order valence-corrected chi connectivity index (χ1v) is 8.86. The van der Waals surface area contributed by atoms with Gasteiger partial charge in [0.2, 0.25) is 0 Å². The average Bonchev–Trinajstić information content (AvgIpc) is 3.07. The normalized spacial score (nSPS) is 19.2. The third kappa shape index (κ3) is 4.46. The van der Waals surface area contributed by atoms with Gasteiger partial charge in [0, 0.05) is 18.3 Å². The first-order valence-electron chi connectivity index (χ1n) is 8.86. The lowest BCUT2D eigenvalue weighted by Crippen LogP contribution is -2.50. The predicted octanol–water partition coefficient (Wildman–Crippen LogP) is 2.82. The number of hydrogen-bond acceptors (Lipinski definition) is 5. The van der Waals surface area contributed by atoms with Gasteiger partial charge in [0.25, 0.3) is 0 Å². The molecule has 26 heavy (non-hydrogen) atoms. The molecule has 1 aliphatic heterocycles. The van der Waals surface area contributed by atoms with E-state index in [1.165, 1.54) is 6.26 Å². The number of ether oxygens (including phenoxy) is 1. The molecule has 7 nitrogen and oxygen atoms in total. The fraction of sp³-hybridized carbons (Fsp3) is 0.579. The van der Waals surface area contributed by atoms with Crippen LogP contribution in [0, 0.1) is 5.41 Å². The van der Waals surface area contributed by atoms with E-state index in [9.17, 15) is 9.59 Å². The van der Waals surface area contributed by atoms with Crippen molar-refractivity contribution in [2.24, 2.45) is 5.41 Å². The summed E-state index contributed by atoms with van der Waals surface area (Å²) in [7, 11) is 1.97. The van der Waals surface area contributed by atoms with Crippen LogP contribution in [0.15, 0.2) is 34.1 Å². The molecule has 0 aliphatic carbocycles. The Kier molecular flexibility index (Phi) is 6.13. The van der Waals surface area contributed by atoms with Gasteiger partial charge in [-0.25, -0.2) is 9.59 Å². The molecule has 2 heterocycles. The highest BCUT2D eigenvalue weighted by Gasteiger charge is 2.36. The Hall–Kier alpha value is -2.28. The number of carbonyl (C=O) groups excluding carboxylic acids is 2. The first-order chi connectivity index (χ1) is 12.1. The zero-order chi connectivity index (χ0) is 19.5. The van der Waals surface area contributed by atoms with Gasteiger partial charge in [-0.3, -0.25) is 4.90 Å². The van der Waals surface area contributed by atoms with E-state index >= 15 is 0 Å². The predicted molar refractivity (Wildman–Crippen MR) is 98.3 cm³/mol. The Bertz CT molecular complexity index is 673. The number of nitrogens with one attached hydrogen (secondary N) is 2. The van der Waals surface area contributed by atoms with Gasteiger partial charge in [-0.15, -0.1) is 0 Å². The summed E-state index contributed by atoms with van der Waals surface area (Å²) in [6.07, 6.45) is 1.51. The summed E-state index contributed by atoms with van der Waals surface area (Å²) in [5.41, 5.74) is 0.957. The van der Waals surface area contributed by atoms with Crippen LogP contribution in [0.3, 0.4) is 0 Å². The molecule has 0 bridgehead atoms. The standard InChI is InChI=1S/C19H29N3O4/c1-7-25-17(23)15-13(11-22(6)12(2)19(3,4)5)20-18(24)21-16(15)14-9-8-10-26-14/h8-10,12,16H,7,11H2,1-6H3,(H2,20,21,24). The van der Waals surface area contributed by atoms with Crippen LogP contribution < -0.4 is 10.6 Å². The molecule has 0 spiro atoms. The lowest BCUT2D eigenvalue weighted by Gasteiger charge is -2.37. The quantitative estimate of drug-likeness (QED) is 0.759. The van der Waals surface area contributed by atoms with Crippen LogP contribution in [0.5, 0.6) is 0 Å². The smallest absolute Gasteiger partial charge is 0.338 e. The molecule has 0 saturated heterocycles. The van der Waals surface area contributed by atoms with E-state index in [0.29, 0.717) is 23.6 Å². The molecule has 1 aromatic rings. The third-order valence-corrected chi connectivity index (χ3v) is 4.80. The molecular weight excluding hydrogens is 334 g/mol. The van der Waals surface area contributed by atoms with Crippen molar-refractivity contribution in [1.82, 2.24) is 15.5 Å². The number of rotatable bonds is 6. The fourth-order valence-corrected chi connectivity index (χ4v) is 2.91. The van der Waals surface area contributed by atoms with Crippen LogP contribution in [0.25, 0.3) is 0 Å². The SMILES string of the molecule is CCOC(=O)C1=C(CN(C)C(C)C(C)(C)C)NC(=O)NC1c1ccco1. The van der Waals surface area contributed by atoms with E-state index in [1.807, 2.05) is 7.05 Å². The second-order valence-corrected chi connectivity index (χ2v) is 7.62. The fourth-order valence-electron chi connectivity index (χ4n) is 2.91. The molecule has 0 fully saturated rings. The first kappa shape index (κ1) is 20.0. The average molecular weight is 363 g/mol. The van der Waals surface area contributed by atoms with Crippen molar-refractivity contribution in [1.29, 1.82) is 0 Å². The van der Waals surface area contributed by atoms with E-state index < -0.39 is 12.0 Å². The van der Waals surface area contributed by atoms with Crippen LogP contribution >= 0.6 is 0 Å². The Morgan fingerprint density at radius 1 is 1.42 bits per heavy atom. The van der Waals surface area contributed by atoms with Crippen molar-refractivity contribution in [2.75, 3.05) is 20.2 Å². The molecule has 1 aromatic heterocycles. The van der Waals surface area contributed by atoms with Crippen molar-refractivity contribution in [3.8, 4) is 0 Å². The number of likely N-dealkylation sites (N-methyl/N-ethyl adjacent to an activating group) is 1. The lowest BCUT2D eigenvalue weighted by atomic mass is 9.87. The van der Waals surface area contributed by atoms with Crippen molar-refractivity contribution in [3.63, 3.8) is 0 Å². The zero-order valence-corrected chi connectivity index (χ0v) is 16.4. The summed E-state index contributed by atoms with van der Waals surface area (Å²) in [4.78, 5) is 26.9. The maximum atomic E-state index is 12.6. The third-order valence-electron chi connectivity index (χ3n) is 4.80. The maximum Gasteiger partial charge on any atom is 0.338 e. The van der Waals surface area contributed by atoms with E-state index in [0.717, 1.165) is 0 Å². The topological polar surface area (TPSA) is 83.8 Å². The van der Waals surface area contributed by atoms with Gasteiger partial charge in [-0.05, 0) is 38.4 Å². The van der Waals surface area contributed by atoms with Crippen molar-refractivity contribution >= 4 is 12.0 Å². The lowest BCUT2D eigenvalue weighted by molar-refractivity contribution is -0.139. The molecule has 2 atom stereocenters. The number of hydrogen-bond donors (Lipinski definition) is 2. The van der Waals surface area contributed by atoms with Gasteiger partial charge in [0.1, 0.15) is 11.8 Å². The monoisotopic (exact) mass is 363 g/mol. The highest BCUT2D eigenvalue weighted by Crippen LogP contribution is 2.30. The van der Waals surface area contributed by atoms with Crippen LogP contribution in [0.4, 0.5) is 4.79 Å². The summed E-state index contributed by atoms with van der Waals surface area (Å²) in [5.74, 6) is 0.0279. The highest BCUT2D eigenvalue weighted by molar-refractivity contribution is 5.95. The second-order valence-electron chi connectivity index (χ2n) is 7.62. The summed E-state index contributed by atoms with van der Waals surface area (Å²) in [5, 5.41) is 5.53. The maximum absolute atomic E-state index is 12.6. The molecular formula is C19H29N3O4. The Morgan fingerprint density at radius 2 is 2.12 bits per heavy atom. The molecule has 0 aromatic carbocycles. The molecule has 0 saturated carbocycles. The van der Waals surface area contributed by atoms with Gasteiger partial charge < -0.3 is 19.8 Å². The highest BCUT2D eigenvalue weighted by atomic mass is 16.5. The molecule has 2 rings (SSSR count). The molecule has 144 valence electrons. The van der Waals surface area contributed by atoms with Gasteiger partial charge in [0.15, 0.2) is 0 Å². The zero-order valence-electron chi connectivity index (χ0n) is 16.4. The Labute approximate surface area is 154 Å². The van der Waals surface area contributed by atoms with Gasteiger partial charge in [0.05, 0.1) is 18.4 Å². The van der Waals surface area contributed by atoms with Crippen LogP contribution in [-0.2, 0) is 9.53 Å². The minimum atomic E-state index is -0.675. The van der Waals surface area contributed by atoms with Crippen molar-refractivity contribution < 1.29 is 18.7 Å². The Balaban J connectivity index is 2.42. The molecule has 2 N–H and O–H groups in total. The second kappa shape index (κ2) is 7.95. The minimum Gasteiger partial charge on any atom is -0.467 e. The summed E-state index contributed by atoms with van der Waals surface area (Å²) >= 11 is 0. The van der Waals surface area contributed by atoms with Crippen molar-refractivity contribution in [2.45, 2.75) is 46.7 Å². The van der Waals surface area contributed by atoms with E-state index in [2.05, 4.69) is 43.2 Å². The van der Waals surface area contributed by atoms with Crippen LogP contribution in [0.2, 0.25) is 0 Å². The van der Waals surface area contributed by atoms with Gasteiger partial charge >= 0.3 is 12.0 Å². The molecule has 0 radical (unpaired) electrons. The van der Waals surface area contributed by atoms with E-state index in [-0.39, 0.29) is 24.1 Å². The number of esters is 1. The van der Waals surface area contributed by atoms with Crippen molar-refractivity contribution in [3.05, 3.63) is 35.4 Å². The minimum absolute atomic E-state index is 0.0523. The molecule has 2 amide bonds. The number of furan rings is 1.